The van der Waals surface area contributed by atoms with Crippen molar-refractivity contribution in [3.8, 4) is 0 Å². The minimum Gasteiger partial charge on any atom is -0.444 e. The Hall–Kier alpha value is -3.63. The Bertz CT molecular complexity index is 1060. The third-order valence-electron chi connectivity index (χ3n) is 6.87. The molecule has 0 spiro atoms. The predicted molar refractivity (Wildman–Crippen MR) is 144 cm³/mol. The Morgan fingerprint density at radius 3 is 2.46 bits per heavy atom. The van der Waals surface area contributed by atoms with Gasteiger partial charge in [0.25, 0.3) is 5.91 Å². The molecule has 2 N–H and O–H groups in total. The normalized spacial score (nSPS) is 20.4. The lowest BCUT2D eigenvalue weighted by atomic mass is 10.0. The fraction of sp³-hybridized carbons (Fsp3) is 0.607. The second kappa shape index (κ2) is 12.9. The third kappa shape index (κ3) is 7.70. The van der Waals surface area contributed by atoms with Gasteiger partial charge in [-0.15, -0.1) is 0 Å². The number of hydrogen-bond acceptors (Lipinski definition) is 6. The summed E-state index contributed by atoms with van der Waals surface area (Å²) in [4.78, 5) is 66.8. The van der Waals surface area contributed by atoms with Crippen LogP contribution in [0.1, 0.15) is 65.4 Å². The van der Waals surface area contributed by atoms with Gasteiger partial charge in [0, 0.05) is 26.6 Å². The van der Waals surface area contributed by atoms with Crippen molar-refractivity contribution in [1.29, 1.82) is 0 Å². The summed E-state index contributed by atoms with van der Waals surface area (Å²) >= 11 is 0. The molecule has 0 aromatic heterocycles. The number of benzene rings is 1. The Balaban J connectivity index is 1.71. The molecular formula is C28H41N5O6. The summed E-state index contributed by atoms with van der Waals surface area (Å²) in [5, 5.41) is 8.24. The van der Waals surface area contributed by atoms with Crippen molar-refractivity contribution in [1.82, 2.24) is 25.6 Å². The third-order valence-corrected chi connectivity index (χ3v) is 6.87. The molecule has 214 valence electrons. The molecule has 0 aliphatic carbocycles. The number of fused-ring (bicyclic) bond motifs is 1. The molecule has 2 heterocycles. The molecule has 2 aliphatic rings. The first-order chi connectivity index (χ1) is 18.4. The van der Waals surface area contributed by atoms with Crippen molar-refractivity contribution >= 4 is 29.7 Å². The van der Waals surface area contributed by atoms with Gasteiger partial charge < -0.3 is 15.4 Å². The van der Waals surface area contributed by atoms with Crippen molar-refractivity contribution in [2.45, 2.75) is 89.9 Å². The highest BCUT2D eigenvalue weighted by Gasteiger charge is 2.45. The Morgan fingerprint density at radius 2 is 1.82 bits per heavy atom. The zero-order valence-corrected chi connectivity index (χ0v) is 23.6. The maximum absolute atomic E-state index is 13.7. The van der Waals surface area contributed by atoms with Gasteiger partial charge in [0.05, 0.1) is 0 Å². The molecule has 0 unspecified atom stereocenters. The number of hydrogen-bond donors (Lipinski definition) is 2. The van der Waals surface area contributed by atoms with Gasteiger partial charge in [-0.05, 0) is 58.4 Å². The Morgan fingerprint density at radius 1 is 1.13 bits per heavy atom. The van der Waals surface area contributed by atoms with E-state index >= 15 is 0 Å². The molecule has 5 amide bonds. The number of likely N-dealkylation sites (N-methyl/N-ethyl adjacent to an activating group) is 1. The number of rotatable bonds is 8. The van der Waals surface area contributed by atoms with Gasteiger partial charge >= 0.3 is 6.09 Å². The quantitative estimate of drug-likeness (QED) is 0.516. The second-order valence-corrected chi connectivity index (χ2v) is 11.0. The summed E-state index contributed by atoms with van der Waals surface area (Å²) in [7, 11) is 1.47. The highest BCUT2D eigenvalue weighted by molar-refractivity contribution is 5.96. The summed E-state index contributed by atoms with van der Waals surface area (Å²) in [5.74, 6) is -1.63. The molecule has 0 radical (unpaired) electrons. The van der Waals surface area contributed by atoms with Crippen LogP contribution < -0.4 is 10.6 Å². The van der Waals surface area contributed by atoms with Crippen LogP contribution in [0.4, 0.5) is 4.79 Å². The van der Waals surface area contributed by atoms with E-state index < -0.39 is 41.6 Å². The van der Waals surface area contributed by atoms with Gasteiger partial charge in [0.1, 0.15) is 23.7 Å². The summed E-state index contributed by atoms with van der Waals surface area (Å²) < 4.78 is 5.39. The SMILES string of the molecule is CC[C@@H](C(=O)N[C@H]1CCC(=O)N2CCC[C@@H](C(=O)NCCc3ccccc3)N2C1=O)N(C)C(=O)OC(C)(C)C. The lowest BCUT2D eigenvalue weighted by molar-refractivity contribution is -0.176. The average molecular weight is 544 g/mol. The Labute approximate surface area is 230 Å². The number of hydrazine groups is 1. The van der Waals surface area contributed by atoms with E-state index in [-0.39, 0.29) is 24.7 Å². The number of nitrogens with one attached hydrogen (secondary N) is 2. The summed E-state index contributed by atoms with van der Waals surface area (Å²) in [6.07, 6.45) is 1.43. The number of nitrogens with zero attached hydrogens (tertiary/aromatic N) is 3. The van der Waals surface area contributed by atoms with Crippen LogP contribution in [0, 0.1) is 0 Å². The van der Waals surface area contributed by atoms with Crippen LogP contribution in [-0.2, 0) is 30.3 Å². The first-order valence-electron chi connectivity index (χ1n) is 13.6. The zero-order chi connectivity index (χ0) is 28.7. The van der Waals surface area contributed by atoms with E-state index in [1.807, 2.05) is 30.3 Å². The van der Waals surface area contributed by atoms with Crippen LogP contribution >= 0.6 is 0 Å². The first kappa shape index (κ1) is 29.9. The van der Waals surface area contributed by atoms with Gasteiger partial charge in [-0.3, -0.25) is 29.1 Å². The molecule has 1 aromatic rings. The summed E-state index contributed by atoms with van der Waals surface area (Å²) in [5.41, 5.74) is 0.347. The minimum atomic E-state index is -1.01. The fourth-order valence-corrected chi connectivity index (χ4v) is 4.86. The topological polar surface area (TPSA) is 128 Å². The lowest BCUT2D eigenvalue weighted by Gasteiger charge is -2.43. The van der Waals surface area contributed by atoms with Crippen LogP contribution in [-0.4, -0.2) is 88.5 Å². The number of amides is 5. The highest BCUT2D eigenvalue weighted by atomic mass is 16.6. The van der Waals surface area contributed by atoms with Crippen LogP contribution in [0.15, 0.2) is 30.3 Å². The van der Waals surface area contributed by atoms with E-state index in [0.717, 1.165) is 5.56 Å². The molecular weight excluding hydrogens is 502 g/mol. The van der Waals surface area contributed by atoms with Crippen LogP contribution in [0.2, 0.25) is 0 Å². The van der Waals surface area contributed by atoms with Crippen LogP contribution in [0.5, 0.6) is 0 Å². The monoisotopic (exact) mass is 543 g/mol. The molecule has 1 aromatic carbocycles. The molecule has 3 atom stereocenters. The Kier molecular flexibility index (Phi) is 9.93. The maximum atomic E-state index is 13.7. The summed E-state index contributed by atoms with van der Waals surface area (Å²) in [6, 6.07) is 7.00. The fourth-order valence-electron chi connectivity index (χ4n) is 4.86. The van der Waals surface area contributed by atoms with Crippen molar-refractivity contribution in [2.24, 2.45) is 0 Å². The molecule has 3 rings (SSSR count). The van der Waals surface area contributed by atoms with E-state index in [1.165, 1.54) is 22.0 Å². The largest absolute Gasteiger partial charge is 0.444 e. The van der Waals surface area contributed by atoms with Crippen LogP contribution in [0.25, 0.3) is 0 Å². The van der Waals surface area contributed by atoms with E-state index in [0.29, 0.717) is 38.8 Å². The number of ether oxygens (including phenoxy) is 1. The molecule has 2 aliphatic heterocycles. The lowest BCUT2D eigenvalue weighted by Crippen LogP contribution is -2.64. The van der Waals surface area contributed by atoms with Crippen LogP contribution in [0.3, 0.4) is 0 Å². The molecule has 11 heteroatoms. The number of carbonyl (C=O) groups excluding carboxylic acids is 5. The van der Waals surface area contributed by atoms with E-state index in [1.54, 1.807) is 27.7 Å². The molecule has 11 nitrogen and oxygen atoms in total. The first-order valence-corrected chi connectivity index (χ1v) is 13.6. The minimum absolute atomic E-state index is 0.0498. The van der Waals surface area contributed by atoms with Crippen molar-refractivity contribution in [3.63, 3.8) is 0 Å². The van der Waals surface area contributed by atoms with Crippen molar-refractivity contribution in [2.75, 3.05) is 20.1 Å². The van der Waals surface area contributed by atoms with Gasteiger partial charge in [0.2, 0.25) is 17.7 Å². The van der Waals surface area contributed by atoms with Crippen molar-refractivity contribution in [3.05, 3.63) is 35.9 Å². The van der Waals surface area contributed by atoms with E-state index in [4.69, 9.17) is 4.74 Å². The second-order valence-electron chi connectivity index (χ2n) is 11.0. The molecule has 0 bridgehead atoms. The molecule has 39 heavy (non-hydrogen) atoms. The molecule has 2 saturated heterocycles. The molecule has 0 saturated carbocycles. The maximum Gasteiger partial charge on any atom is 0.410 e. The standard InChI is InChI=1S/C28H41N5O6/c1-6-21(31(5)27(38)39-28(2,3)4)25(36)30-20-14-15-23(34)32-18-10-13-22(33(32)26(20)37)24(35)29-17-16-19-11-8-7-9-12-19/h7-9,11-12,20-22H,6,10,13-18H2,1-5H3,(H,29,35)(H,30,36)/t20-,21-,22-/m0/s1. The van der Waals surface area contributed by atoms with Gasteiger partial charge in [-0.1, -0.05) is 37.3 Å². The van der Waals surface area contributed by atoms with E-state index in [9.17, 15) is 24.0 Å². The number of carbonyl (C=O) groups is 5. The van der Waals surface area contributed by atoms with E-state index in [2.05, 4.69) is 10.6 Å². The van der Waals surface area contributed by atoms with Crippen molar-refractivity contribution < 1.29 is 28.7 Å². The van der Waals surface area contributed by atoms with Gasteiger partial charge in [0.15, 0.2) is 0 Å². The average Bonchev–Trinajstić information content (AvgIpc) is 3.00. The smallest absolute Gasteiger partial charge is 0.410 e. The zero-order valence-electron chi connectivity index (χ0n) is 23.6. The molecule has 2 fully saturated rings. The van der Waals surface area contributed by atoms with Gasteiger partial charge in [-0.25, -0.2) is 9.80 Å². The van der Waals surface area contributed by atoms with Gasteiger partial charge in [-0.2, -0.15) is 0 Å². The summed E-state index contributed by atoms with van der Waals surface area (Å²) in [6.45, 7) is 7.69. The predicted octanol–water partition coefficient (Wildman–Crippen LogP) is 2.00. The highest BCUT2D eigenvalue weighted by Crippen LogP contribution is 2.25.